The molecule has 0 saturated carbocycles. The third kappa shape index (κ3) is 2.98. The minimum Gasteiger partial charge on any atom is -0.305 e. The van der Waals surface area contributed by atoms with E-state index in [1.165, 1.54) is 31.2 Å². The molecule has 1 N–H and O–H groups in total. The van der Waals surface area contributed by atoms with Crippen LogP contribution < -0.4 is 5.32 Å². The van der Waals surface area contributed by atoms with E-state index in [2.05, 4.69) is 5.32 Å². The first-order valence-corrected chi connectivity index (χ1v) is 5.44. The van der Waals surface area contributed by atoms with Crippen LogP contribution in [0.2, 0.25) is 0 Å². The van der Waals surface area contributed by atoms with Crippen LogP contribution >= 0.6 is 0 Å². The first-order chi connectivity index (χ1) is 8.20. The Morgan fingerprint density at radius 1 is 1.06 bits per heavy atom. The predicted molar refractivity (Wildman–Crippen MR) is 58.6 cm³/mol. The molecule has 0 amide bonds. The molecule has 0 aliphatic rings. The molecule has 0 fully saturated rings. The van der Waals surface area contributed by atoms with Crippen LogP contribution in [0.25, 0.3) is 0 Å². The zero-order valence-corrected chi connectivity index (χ0v) is 9.98. The molecule has 0 radical (unpaired) electrons. The van der Waals surface area contributed by atoms with Gasteiger partial charge in [-0.2, -0.15) is 22.0 Å². The van der Waals surface area contributed by atoms with Crippen molar-refractivity contribution in [2.24, 2.45) is 0 Å². The van der Waals surface area contributed by atoms with Crippen LogP contribution in [0.4, 0.5) is 22.0 Å². The number of rotatable bonds is 4. The Kier molecular flexibility index (Phi) is 4.32. The van der Waals surface area contributed by atoms with Gasteiger partial charge in [-0.15, -0.1) is 0 Å². The van der Waals surface area contributed by atoms with Gasteiger partial charge < -0.3 is 5.32 Å². The van der Waals surface area contributed by atoms with Gasteiger partial charge in [-0.1, -0.05) is 36.8 Å². The number of halogens is 5. The average molecular weight is 267 g/mol. The molecular formula is C12H14F5N. The number of hydrogen-bond acceptors (Lipinski definition) is 1. The summed E-state index contributed by atoms with van der Waals surface area (Å²) in [6.07, 6.45) is -5.58. The van der Waals surface area contributed by atoms with Gasteiger partial charge in [-0.25, -0.2) is 0 Å². The smallest absolute Gasteiger partial charge is 0.305 e. The SMILES string of the molecule is CCNC(c1ccc(C)cc1)C(F)(F)C(F)(F)F. The number of hydrogen-bond donors (Lipinski definition) is 1. The van der Waals surface area contributed by atoms with Crippen molar-refractivity contribution in [3.63, 3.8) is 0 Å². The van der Waals surface area contributed by atoms with E-state index >= 15 is 0 Å². The van der Waals surface area contributed by atoms with Gasteiger partial charge in [0.15, 0.2) is 0 Å². The van der Waals surface area contributed by atoms with E-state index < -0.39 is 18.1 Å². The molecule has 0 aliphatic heterocycles. The molecule has 0 aliphatic carbocycles. The Labute approximate surface area is 102 Å². The van der Waals surface area contributed by atoms with E-state index in [1.54, 1.807) is 6.92 Å². The quantitative estimate of drug-likeness (QED) is 0.817. The van der Waals surface area contributed by atoms with Crippen molar-refractivity contribution in [1.82, 2.24) is 5.32 Å². The van der Waals surface area contributed by atoms with Crippen molar-refractivity contribution in [2.75, 3.05) is 6.54 Å². The van der Waals surface area contributed by atoms with Gasteiger partial charge in [-0.05, 0) is 19.0 Å². The Morgan fingerprint density at radius 3 is 1.94 bits per heavy atom. The molecule has 0 heterocycles. The molecule has 1 aromatic rings. The summed E-state index contributed by atoms with van der Waals surface area (Å²) in [6, 6.07) is 3.51. The van der Waals surface area contributed by atoms with E-state index in [-0.39, 0.29) is 12.1 Å². The highest BCUT2D eigenvalue weighted by Gasteiger charge is 2.62. The highest BCUT2D eigenvalue weighted by Crippen LogP contribution is 2.44. The monoisotopic (exact) mass is 267 g/mol. The summed E-state index contributed by atoms with van der Waals surface area (Å²) < 4.78 is 63.9. The maximum absolute atomic E-state index is 13.4. The van der Waals surface area contributed by atoms with E-state index in [0.717, 1.165) is 5.56 Å². The van der Waals surface area contributed by atoms with Gasteiger partial charge in [0.2, 0.25) is 0 Å². The lowest BCUT2D eigenvalue weighted by Gasteiger charge is -2.29. The summed E-state index contributed by atoms with van der Waals surface area (Å²) in [4.78, 5) is 0. The lowest BCUT2D eigenvalue weighted by molar-refractivity contribution is -0.294. The first-order valence-electron chi connectivity index (χ1n) is 5.44. The molecule has 6 heteroatoms. The van der Waals surface area contributed by atoms with E-state index in [1.807, 2.05) is 0 Å². The summed E-state index contributed by atoms with van der Waals surface area (Å²) in [5.41, 5.74) is 0.717. The third-order valence-corrected chi connectivity index (χ3v) is 2.56. The summed E-state index contributed by atoms with van der Waals surface area (Å²) in [5.74, 6) is -4.81. The van der Waals surface area contributed by atoms with Crippen LogP contribution in [-0.2, 0) is 0 Å². The Morgan fingerprint density at radius 2 is 1.56 bits per heavy atom. The van der Waals surface area contributed by atoms with Crippen molar-refractivity contribution in [1.29, 1.82) is 0 Å². The lowest BCUT2D eigenvalue weighted by atomic mass is 9.99. The highest BCUT2D eigenvalue weighted by atomic mass is 19.4. The van der Waals surface area contributed by atoms with E-state index in [9.17, 15) is 22.0 Å². The van der Waals surface area contributed by atoms with Crippen molar-refractivity contribution < 1.29 is 22.0 Å². The lowest BCUT2D eigenvalue weighted by Crippen LogP contribution is -2.47. The number of benzene rings is 1. The summed E-state index contributed by atoms with van der Waals surface area (Å²) >= 11 is 0. The number of nitrogens with one attached hydrogen (secondary N) is 1. The van der Waals surface area contributed by atoms with Crippen LogP contribution in [0, 0.1) is 6.92 Å². The zero-order valence-electron chi connectivity index (χ0n) is 9.98. The van der Waals surface area contributed by atoms with Crippen LogP contribution in [0.5, 0.6) is 0 Å². The van der Waals surface area contributed by atoms with Gasteiger partial charge in [0, 0.05) is 0 Å². The molecule has 18 heavy (non-hydrogen) atoms. The van der Waals surface area contributed by atoms with Crippen molar-refractivity contribution in [3.05, 3.63) is 35.4 Å². The second kappa shape index (κ2) is 5.22. The fourth-order valence-electron chi connectivity index (χ4n) is 1.58. The molecule has 0 saturated heterocycles. The highest BCUT2D eigenvalue weighted by molar-refractivity contribution is 5.26. The molecule has 0 spiro atoms. The second-order valence-electron chi connectivity index (χ2n) is 4.02. The summed E-state index contributed by atoms with van der Waals surface area (Å²) in [5, 5.41) is 2.20. The average Bonchev–Trinajstić information content (AvgIpc) is 2.25. The Balaban J connectivity index is 3.13. The Bertz CT molecular complexity index is 382. The van der Waals surface area contributed by atoms with Gasteiger partial charge in [0.05, 0.1) is 0 Å². The van der Waals surface area contributed by atoms with Crippen LogP contribution in [0.1, 0.15) is 24.1 Å². The molecule has 1 rings (SSSR count). The van der Waals surface area contributed by atoms with Crippen LogP contribution in [-0.4, -0.2) is 18.6 Å². The molecule has 1 unspecified atom stereocenters. The topological polar surface area (TPSA) is 12.0 Å². The second-order valence-corrected chi connectivity index (χ2v) is 4.02. The van der Waals surface area contributed by atoms with Crippen molar-refractivity contribution in [3.8, 4) is 0 Å². The van der Waals surface area contributed by atoms with Gasteiger partial charge in [-0.3, -0.25) is 0 Å². The molecule has 1 nitrogen and oxygen atoms in total. The number of alkyl halides is 5. The zero-order chi connectivity index (χ0) is 14.0. The van der Waals surface area contributed by atoms with Gasteiger partial charge in [0.25, 0.3) is 0 Å². The fourth-order valence-corrected chi connectivity index (χ4v) is 1.58. The maximum Gasteiger partial charge on any atom is 0.455 e. The molecule has 1 atom stereocenters. The predicted octanol–water partition coefficient (Wildman–Crippen LogP) is 3.84. The van der Waals surface area contributed by atoms with Crippen molar-refractivity contribution in [2.45, 2.75) is 32.0 Å². The Hall–Kier alpha value is -1.17. The molecule has 1 aromatic carbocycles. The molecule has 102 valence electrons. The number of aryl methyl sites for hydroxylation is 1. The standard InChI is InChI=1S/C12H14F5N/c1-3-18-10(11(13,14)12(15,16)17)9-6-4-8(2)5-7-9/h4-7,10,18H,3H2,1-2H3. The summed E-state index contributed by atoms with van der Waals surface area (Å²) in [7, 11) is 0. The van der Waals surface area contributed by atoms with E-state index in [0.29, 0.717) is 0 Å². The summed E-state index contributed by atoms with van der Waals surface area (Å²) in [6.45, 7) is 3.23. The minimum atomic E-state index is -5.58. The largest absolute Gasteiger partial charge is 0.455 e. The maximum atomic E-state index is 13.4. The minimum absolute atomic E-state index is 0.0181. The van der Waals surface area contributed by atoms with Crippen LogP contribution in [0.3, 0.4) is 0 Å². The fraction of sp³-hybridized carbons (Fsp3) is 0.500. The van der Waals surface area contributed by atoms with E-state index in [4.69, 9.17) is 0 Å². The van der Waals surface area contributed by atoms with Gasteiger partial charge in [0.1, 0.15) is 6.04 Å². The molecular weight excluding hydrogens is 253 g/mol. The normalized spacial score (nSPS) is 14.6. The molecule has 0 aromatic heterocycles. The van der Waals surface area contributed by atoms with Gasteiger partial charge >= 0.3 is 12.1 Å². The third-order valence-electron chi connectivity index (χ3n) is 2.56. The van der Waals surface area contributed by atoms with Crippen LogP contribution in [0.15, 0.2) is 24.3 Å². The molecule has 0 bridgehead atoms. The van der Waals surface area contributed by atoms with Crippen molar-refractivity contribution >= 4 is 0 Å². The first kappa shape index (κ1) is 14.9.